The van der Waals surface area contributed by atoms with Crippen molar-refractivity contribution in [1.82, 2.24) is 10.3 Å². The minimum Gasteiger partial charge on any atom is -0.345 e. The van der Waals surface area contributed by atoms with Crippen LogP contribution in [-0.2, 0) is 9.59 Å². The molecule has 1 aromatic carbocycles. The molecular formula is C16H18N4O3. The number of pyridine rings is 1. The van der Waals surface area contributed by atoms with E-state index in [1.54, 1.807) is 24.3 Å². The SMILES string of the molecule is NCCCC(=O)Nc1cccc2c(C(=O)NCC=O)ccnc12. The summed E-state index contributed by atoms with van der Waals surface area (Å²) in [6.45, 7) is 0.389. The predicted molar refractivity (Wildman–Crippen MR) is 87.1 cm³/mol. The Labute approximate surface area is 133 Å². The molecule has 2 rings (SSSR count). The van der Waals surface area contributed by atoms with Crippen LogP contribution in [0.4, 0.5) is 5.69 Å². The Bertz CT molecular complexity index is 730. The molecule has 23 heavy (non-hydrogen) atoms. The van der Waals surface area contributed by atoms with Gasteiger partial charge in [-0.15, -0.1) is 0 Å². The van der Waals surface area contributed by atoms with E-state index in [2.05, 4.69) is 15.6 Å². The van der Waals surface area contributed by atoms with E-state index in [-0.39, 0.29) is 18.4 Å². The number of fused-ring (bicyclic) bond motifs is 1. The Morgan fingerprint density at radius 3 is 2.83 bits per heavy atom. The number of para-hydroxylation sites is 1. The van der Waals surface area contributed by atoms with Gasteiger partial charge >= 0.3 is 0 Å². The van der Waals surface area contributed by atoms with Crippen LogP contribution in [0, 0.1) is 0 Å². The van der Waals surface area contributed by atoms with E-state index in [1.165, 1.54) is 6.20 Å². The minimum atomic E-state index is -0.365. The lowest BCUT2D eigenvalue weighted by Crippen LogP contribution is -2.25. The van der Waals surface area contributed by atoms with Crippen LogP contribution in [0.2, 0.25) is 0 Å². The number of aldehydes is 1. The largest absolute Gasteiger partial charge is 0.345 e. The van der Waals surface area contributed by atoms with E-state index in [0.717, 1.165) is 0 Å². The van der Waals surface area contributed by atoms with Crippen molar-refractivity contribution in [3.8, 4) is 0 Å². The summed E-state index contributed by atoms with van der Waals surface area (Å²) < 4.78 is 0. The molecule has 0 radical (unpaired) electrons. The Morgan fingerprint density at radius 1 is 1.26 bits per heavy atom. The van der Waals surface area contributed by atoms with Gasteiger partial charge in [-0.05, 0) is 25.1 Å². The van der Waals surface area contributed by atoms with Gasteiger partial charge in [-0.1, -0.05) is 12.1 Å². The second kappa shape index (κ2) is 8.00. The summed E-state index contributed by atoms with van der Waals surface area (Å²) in [4.78, 5) is 38.6. The van der Waals surface area contributed by atoms with Crippen LogP contribution in [0.5, 0.6) is 0 Å². The number of hydrogen-bond acceptors (Lipinski definition) is 5. The summed E-state index contributed by atoms with van der Waals surface area (Å²) in [6.07, 6.45) is 3.04. The average Bonchev–Trinajstić information content (AvgIpc) is 2.57. The topological polar surface area (TPSA) is 114 Å². The summed E-state index contributed by atoms with van der Waals surface area (Å²) in [7, 11) is 0. The van der Waals surface area contributed by atoms with Gasteiger partial charge in [0.25, 0.3) is 5.91 Å². The summed E-state index contributed by atoms with van der Waals surface area (Å²) in [5.41, 5.74) is 6.85. The van der Waals surface area contributed by atoms with Gasteiger partial charge in [0, 0.05) is 18.0 Å². The lowest BCUT2D eigenvalue weighted by Gasteiger charge is -2.10. The molecule has 0 fully saturated rings. The summed E-state index contributed by atoms with van der Waals surface area (Å²) in [6, 6.07) is 6.78. The van der Waals surface area contributed by atoms with Crippen LogP contribution in [-0.4, -0.2) is 36.2 Å². The van der Waals surface area contributed by atoms with Gasteiger partial charge in [-0.25, -0.2) is 0 Å². The van der Waals surface area contributed by atoms with E-state index in [9.17, 15) is 14.4 Å². The molecule has 120 valence electrons. The maximum absolute atomic E-state index is 12.1. The second-order valence-electron chi connectivity index (χ2n) is 4.88. The molecule has 0 unspecified atom stereocenters. The first-order valence-corrected chi connectivity index (χ1v) is 7.27. The number of nitrogens with zero attached hydrogens (tertiary/aromatic N) is 1. The van der Waals surface area contributed by atoms with E-state index in [4.69, 9.17) is 5.73 Å². The molecule has 2 aromatic rings. The predicted octanol–water partition coefficient (Wildman–Crippen LogP) is 0.841. The van der Waals surface area contributed by atoms with Crippen LogP contribution < -0.4 is 16.4 Å². The van der Waals surface area contributed by atoms with Crippen molar-refractivity contribution in [2.45, 2.75) is 12.8 Å². The highest BCUT2D eigenvalue weighted by Crippen LogP contribution is 2.24. The monoisotopic (exact) mass is 314 g/mol. The maximum Gasteiger partial charge on any atom is 0.252 e. The number of nitrogens with one attached hydrogen (secondary N) is 2. The van der Waals surface area contributed by atoms with Crippen molar-refractivity contribution >= 4 is 34.7 Å². The van der Waals surface area contributed by atoms with Crippen molar-refractivity contribution < 1.29 is 14.4 Å². The Kier molecular flexibility index (Phi) is 5.76. The van der Waals surface area contributed by atoms with Crippen LogP contribution in [0.15, 0.2) is 30.5 Å². The highest BCUT2D eigenvalue weighted by Gasteiger charge is 2.13. The third-order valence-corrected chi connectivity index (χ3v) is 3.24. The molecule has 0 saturated carbocycles. The fourth-order valence-electron chi connectivity index (χ4n) is 2.18. The molecule has 2 amide bonds. The minimum absolute atomic E-state index is 0.0574. The first kappa shape index (κ1) is 16.6. The van der Waals surface area contributed by atoms with Crippen LogP contribution in [0.25, 0.3) is 10.9 Å². The van der Waals surface area contributed by atoms with Gasteiger partial charge < -0.3 is 21.2 Å². The smallest absolute Gasteiger partial charge is 0.252 e. The molecule has 1 heterocycles. The first-order chi connectivity index (χ1) is 11.2. The van der Waals surface area contributed by atoms with Crippen LogP contribution in [0.1, 0.15) is 23.2 Å². The Morgan fingerprint density at radius 2 is 2.09 bits per heavy atom. The molecule has 0 aliphatic carbocycles. The van der Waals surface area contributed by atoms with Crippen molar-refractivity contribution in [3.63, 3.8) is 0 Å². The molecule has 1 aromatic heterocycles. The van der Waals surface area contributed by atoms with Gasteiger partial charge in [0.1, 0.15) is 6.29 Å². The summed E-state index contributed by atoms with van der Waals surface area (Å²) >= 11 is 0. The molecular weight excluding hydrogens is 296 g/mol. The van der Waals surface area contributed by atoms with E-state index >= 15 is 0 Å². The molecule has 0 spiro atoms. The van der Waals surface area contributed by atoms with Gasteiger partial charge in [0.05, 0.1) is 23.3 Å². The first-order valence-electron chi connectivity index (χ1n) is 7.27. The zero-order valence-electron chi connectivity index (χ0n) is 12.5. The fraction of sp³-hybridized carbons (Fsp3) is 0.250. The molecule has 0 atom stereocenters. The zero-order chi connectivity index (χ0) is 16.7. The molecule has 0 aliphatic heterocycles. The van der Waals surface area contributed by atoms with Gasteiger partial charge in [0.2, 0.25) is 5.91 Å². The Hall–Kier alpha value is -2.80. The molecule has 0 aliphatic rings. The van der Waals surface area contributed by atoms with Gasteiger partial charge in [0.15, 0.2) is 0 Å². The zero-order valence-corrected chi connectivity index (χ0v) is 12.5. The third kappa shape index (κ3) is 4.10. The molecule has 4 N–H and O–H groups in total. The van der Waals surface area contributed by atoms with Crippen molar-refractivity contribution in [1.29, 1.82) is 0 Å². The number of benzene rings is 1. The lowest BCUT2D eigenvalue weighted by molar-refractivity contribution is -0.116. The molecule has 0 saturated heterocycles. The standard InChI is InChI=1S/C16H18N4O3/c17-7-2-5-14(22)20-13-4-1-3-11-12(6-8-18-15(11)13)16(23)19-9-10-21/h1,3-4,6,8,10H,2,5,7,9,17H2,(H,19,23)(H,20,22). The number of aromatic nitrogens is 1. The molecule has 0 bridgehead atoms. The van der Waals surface area contributed by atoms with Crippen LogP contribution in [0.3, 0.4) is 0 Å². The number of rotatable bonds is 7. The summed E-state index contributed by atoms with van der Waals surface area (Å²) in [5.74, 6) is -0.517. The summed E-state index contributed by atoms with van der Waals surface area (Å²) in [5, 5.41) is 5.88. The number of carbonyl (C=O) groups is 3. The number of carbonyl (C=O) groups excluding carboxylic acids is 3. The fourth-order valence-corrected chi connectivity index (χ4v) is 2.18. The van der Waals surface area contributed by atoms with E-state index in [0.29, 0.717) is 47.8 Å². The highest BCUT2D eigenvalue weighted by molar-refractivity contribution is 6.10. The highest BCUT2D eigenvalue weighted by atomic mass is 16.2. The lowest BCUT2D eigenvalue weighted by atomic mass is 10.1. The van der Waals surface area contributed by atoms with Gasteiger partial charge in [-0.3, -0.25) is 14.6 Å². The number of nitrogens with two attached hydrogens (primary N) is 1. The maximum atomic E-state index is 12.1. The van der Waals surface area contributed by atoms with Crippen molar-refractivity contribution in [2.24, 2.45) is 5.73 Å². The quantitative estimate of drug-likeness (QED) is 0.655. The molecule has 7 nitrogen and oxygen atoms in total. The van der Waals surface area contributed by atoms with Crippen molar-refractivity contribution in [2.75, 3.05) is 18.4 Å². The van der Waals surface area contributed by atoms with Crippen molar-refractivity contribution in [3.05, 3.63) is 36.0 Å². The van der Waals surface area contributed by atoms with Crippen LogP contribution >= 0.6 is 0 Å². The third-order valence-electron chi connectivity index (χ3n) is 3.24. The number of amides is 2. The number of anilines is 1. The molecule has 7 heteroatoms. The second-order valence-corrected chi connectivity index (χ2v) is 4.88. The Balaban J connectivity index is 2.32. The van der Waals surface area contributed by atoms with E-state index in [1.807, 2.05) is 0 Å². The van der Waals surface area contributed by atoms with E-state index < -0.39 is 0 Å². The van der Waals surface area contributed by atoms with Gasteiger partial charge in [-0.2, -0.15) is 0 Å². The average molecular weight is 314 g/mol. The normalized spacial score (nSPS) is 10.3. The number of hydrogen-bond donors (Lipinski definition) is 3.